The normalized spacial score (nSPS) is 12.7. The highest BCUT2D eigenvalue weighted by Gasteiger charge is 2.14. The molecule has 0 amide bonds. The van der Waals surface area contributed by atoms with Crippen LogP contribution >= 0.6 is 22.7 Å². The lowest BCUT2D eigenvalue weighted by molar-refractivity contribution is 0.520. The van der Waals surface area contributed by atoms with Gasteiger partial charge in [0, 0.05) is 29.3 Å². The fourth-order valence-corrected chi connectivity index (χ4v) is 3.63. The molecule has 6 heteroatoms. The molecular weight excluding hydrogens is 288 g/mol. The van der Waals surface area contributed by atoms with Crippen LogP contribution in [0.15, 0.2) is 41.4 Å². The van der Waals surface area contributed by atoms with Crippen molar-refractivity contribution in [1.29, 1.82) is 0 Å². The fraction of sp³-hybridized carbons (Fsp3) is 0.286. The van der Waals surface area contributed by atoms with E-state index in [9.17, 15) is 0 Å². The Bertz CT molecular complexity index is 628. The van der Waals surface area contributed by atoms with Crippen LogP contribution in [-0.4, -0.2) is 14.8 Å². The van der Waals surface area contributed by atoms with Gasteiger partial charge in [-0.1, -0.05) is 12.1 Å². The van der Waals surface area contributed by atoms with Gasteiger partial charge in [0.1, 0.15) is 12.2 Å². The number of thiophene rings is 2. The summed E-state index contributed by atoms with van der Waals surface area (Å²) in [6, 6.07) is 8.91. The van der Waals surface area contributed by atoms with E-state index in [4.69, 9.17) is 0 Å². The summed E-state index contributed by atoms with van der Waals surface area (Å²) in [7, 11) is 1.97. The second-order valence-corrected chi connectivity index (χ2v) is 6.60. The smallest absolute Gasteiger partial charge is 0.146 e. The molecule has 20 heavy (non-hydrogen) atoms. The Morgan fingerprint density at radius 3 is 2.75 bits per heavy atom. The predicted octanol–water partition coefficient (Wildman–Crippen LogP) is 3.01. The van der Waals surface area contributed by atoms with Crippen molar-refractivity contribution in [3.63, 3.8) is 0 Å². The minimum atomic E-state index is 0.324. The van der Waals surface area contributed by atoms with Crippen LogP contribution in [0, 0.1) is 0 Å². The molecule has 1 atom stereocenters. The lowest BCUT2D eigenvalue weighted by Gasteiger charge is -2.16. The van der Waals surface area contributed by atoms with E-state index in [2.05, 4.69) is 50.5 Å². The molecule has 3 rings (SSSR count). The first-order valence-corrected chi connectivity index (χ1v) is 8.21. The molecule has 104 valence electrons. The van der Waals surface area contributed by atoms with Gasteiger partial charge in [-0.2, -0.15) is 0 Å². The van der Waals surface area contributed by atoms with Crippen LogP contribution in [0.2, 0.25) is 0 Å². The van der Waals surface area contributed by atoms with Crippen molar-refractivity contribution in [1.82, 2.24) is 20.1 Å². The highest BCUT2D eigenvalue weighted by Crippen LogP contribution is 2.25. The van der Waals surface area contributed by atoms with Gasteiger partial charge in [-0.3, -0.25) is 0 Å². The highest BCUT2D eigenvalue weighted by atomic mass is 32.1. The quantitative estimate of drug-likeness (QED) is 0.761. The Kier molecular flexibility index (Phi) is 4.25. The van der Waals surface area contributed by atoms with Crippen molar-refractivity contribution in [3.05, 3.63) is 56.9 Å². The zero-order chi connectivity index (χ0) is 13.8. The molecule has 1 N–H and O–H groups in total. The summed E-state index contributed by atoms with van der Waals surface area (Å²) in [6.45, 7) is 0.727. The third kappa shape index (κ3) is 3.15. The lowest BCUT2D eigenvalue weighted by atomic mass is 10.1. The second kappa shape index (κ2) is 6.30. The summed E-state index contributed by atoms with van der Waals surface area (Å²) in [5.74, 6) is 0.956. The molecule has 3 aromatic rings. The average Bonchev–Trinajstić information content (AvgIpc) is 3.18. The summed E-state index contributed by atoms with van der Waals surface area (Å²) in [6.07, 6.45) is 2.74. The number of hydrogen-bond donors (Lipinski definition) is 1. The Balaban J connectivity index is 1.71. The summed E-state index contributed by atoms with van der Waals surface area (Å²) in [5, 5.41) is 15.9. The first-order valence-electron chi connectivity index (χ1n) is 6.45. The molecule has 0 radical (unpaired) electrons. The maximum absolute atomic E-state index is 4.12. The van der Waals surface area contributed by atoms with E-state index in [0.717, 1.165) is 18.8 Å². The first kappa shape index (κ1) is 13.5. The lowest BCUT2D eigenvalue weighted by Crippen LogP contribution is -2.23. The van der Waals surface area contributed by atoms with Crippen molar-refractivity contribution < 1.29 is 0 Å². The topological polar surface area (TPSA) is 42.7 Å². The number of hydrogen-bond acceptors (Lipinski definition) is 5. The average molecular weight is 304 g/mol. The summed E-state index contributed by atoms with van der Waals surface area (Å²) < 4.78 is 1.95. The molecule has 1 unspecified atom stereocenters. The van der Waals surface area contributed by atoms with Gasteiger partial charge < -0.3 is 9.88 Å². The molecule has 3 heterocycles. The zero-order valence-electron chi connectivity index (χ0n) is 11.2. The van der Waals surface area contributed by atoms with E-state index in [1.165, 1.54) is 9.75 Å². The summed E-state index contributed by atoms with van der Waals surface area (Å²) in [5.41, 5.74) is 0. The fourth-order valence-electron chi connectivity index (χ4n) is 2.07. The van der Waals surface area contributed by atoms with Gasteiger partial charge in [-0.25, -0.2) is 0 Å². The van der Waals surface area contributed by atoms with Gasteiger partial charge in [0.2, 0.25) is 0 Å². The molecule has 0 aliphatic heterocycles. The molecule has 0 fully saturated rings. The van der Waals surface area contributed by atoms with E-state index in [0.29, 0.717) is 6.04 Å². The maximum Gasteiger partial charge on any atom is 0.146 e. The van der Waals surface area contributed by atoms with Gasteiger partial charge >= 0.3 is 0 Å². The van der Waals surface area contributed by atoms with Crippen LogP contribution < -0.4 is 5.32 Å². The van der Waals surface area contributed by atoms with E-state index >= 15 is 0 Å². The third-order valence-electron chi connectivity index (χ3n) is 3.18. The van der Waals surface area contributed by atoms with E-state index in [-0.39, 0.29) is 0 Å². The van der Waals surface area contributed by atoms with E-state index in [1.807, 2.05) is 11.6 Å². The Hall–Kier alpha value is -1.50. The largest absolute Gasteiger partial charge is 0.320 e. The number of aryl methyl sites for hydroxylation is 1. The molecule has 0 aliphatic carbocycles. The van der Waals surface area contributed by atoms with Crippen LogP contribution in [0.4, 0.5) is 0 Å². The van der Waals surface area contributed by atoms with Crippen molar-refractivity contribution in [3.8, 4) is 0 Å². The van der Waals surface area contributed by atoms with Crippen LogP contribution in [-0.2, 0) is 20.0 Å². The maximum atomic E-state index is 4.12. The monoisotopic (exact) mass is 304 g/mol. The van der Waals surface area contributed by atoms with Crippen molar-refractivity contribution in [2.24, 2.45) is 7.05 Å². The van der Waals surface area contributed by atoms with Gasteiger partial charge in [0.15, 0.2) is 0 Å². The van der Waals surface area contributed by atoms with E-state index in [1.54, 1.807) is 29.0 Å². The van der Waals surface area contributed by atoms with Crippen molar-refractivity contribution in [2.45, 2.75) is 19.0 Å². The molecule has 4 nitrogen and oxygen atoms in total. The van der Waals surface area contributed by atoms with Crippen LogP contribution in [0.5, 0.6) is 0 Å². The molecule has 0 saturated heterocycles. The number of aromatic nitrogens is 3. The Labute approximate surface area is 126 Å². The van der Waals surface area contributed by atoms with Crippen LogP contribution in [0.25, 0.3) is 0 Å². The third-order valence-corrected chi connectivity index (χ3v) is 5.07. The molecular formula is C14H16N4S2. The molecule has 3 aromatic heterocycles. The van der Waals surface area contributed by atoms with Crippen molar-refractivity contribution >= 4 is 22.7 Å². The summed E-state index contributed by atoms with van der Waals surface area (Å²) in [4.78, 5) is 2.76. The Morgan fingerprint density at radius 1 is 1.25 bits per heavy atom. The van der Waals surface area contributed by atoms with Gasteiger partial charge in [0.05, 0.1) is 6.54 Å². The van der Waals surface area contributed by atoms with Gasteiger partial charge in [0.25, 0.3) is 0 Å². The summed E-state index contributed by atoms with van der Waals surface area (Å²) >= 11 is 3.60. The predicted molar refractivity (Wildman–Crippen MR) is 82.9 cm³/mol. The molecule has 0 aliphatic rings. The van der Waals surface area contributed by atoms with Gasteiger partial charge in [-0.05, 0) is 22.9 Å². The van der Waals surface area contributed by atoms with Gasteiger partial charge in [-0.15, -0.1) is 32.9 Å². The van der Waals surface area contributed by atoms with E-state index < -0.39 is 0 Å². The minimum absolute atomic E-state index is 0.324. The molecule has 0 aromatic carbocycles. The minimum Gasteiger partial charge on any atom is -0.320 e. The molecule has 0 saturated carbocycles. The number of nitrogens with zero attached hydrogens (tertiary/aromatic N) is 3. The first-order chi connectivity index (χ1) is 9.83. The molecule has 0 spiro atoms. The number of nitrogens with one attached hydrogen (secondary N) is 1. The Morgan fingerprint density at radius 2 is 2.10 bits per heavy atom. The number of rotatable bonds is 6. The zero-order valence-corrected chi connectivity index (χ0v) is 12.8. The molecule has 0 bridgehead atoms. The SMILES string of the molecule is Cn1cnnc1CNC(Cc1cccs1)c1cccs1. The highest BCUT2D eigenvalue weighted by molar-refractivity contribution is 7.10. The standard InChI is InChI=1S/C14H16N4S2/c1-18-10-16-17-14(18)9-15-12(13-5-3-7-20-13)8-11-4-2-6-19-11/h2-7,10,12,15H,8-9H2,1H3. The van der Waals surface area contributed by atoms with Crippen LogP contribution in [0.3, 0.4) is 0 Å². The van der Waals surface area contributed by atoms with Crippen LogP contribution in [0.1, 0.15) is 21.6 Å². The second-order valence-electron chi connectivity index (χ2n) is 4.59. The van der Waals surface area contributed by atoms with Crippen molar-refractivity contribution in [2.75, 3.05) is 0 Å².